The Hall–Kier alpha value is -1.91. The molecule has 0 fully saturated rings. The maximum Gasteiger partial charge on any atom is 0.312 e. The van der Waals surface area contributed by atoms with Gasteiger partial charge in [0.15, 0.2) is 11.5 Å². The summed E-state index contributed by atoms with van der Waals surface area (Å²) in [4.78, 5) is 10.3. The van der Waals surface area contributed by atoms with E-state index < -0.39 is 6.03 Å². The number of benzene rings is 1. The molecule has 0 heterocycles. The van der Waals surface area contributed by atoms with Crippen LogP contribution >= 0.6 is 0 Å². The van der Waals surface area contributed by atoms with E-state index in [2.05, 4.69) is 5.32 Å². The number of rotatable bonds is 2. The highest BCUT2D eigenvalue weighted by Crippen LogP contribution is 2.24. The third-order valence-corrected chi connectivity index (χ3v) is 1.51. The minimum atomic E-state index is -0.632. The first-order valence-electron chi connectivity index (χ1n) is 3.64. The van der Waals surface area contributed by atoms with Crippen molar-refractivity contribution in [1.29, 1.82) is 0 Å². The number of phenolic OH excluding ortho intramolecular Hbond substituents is 2. The molecule has 0 aliphatic heterocycles. The summed E-state index contributed by atoms with van der Waals surface area (Å²) in [7, 11) is 0. The second-order valence-electron chi connectivity index (χ2n) is 2.54. The molecule has 0 aliphatic rings. The number of hydrogen-bond acceptors (Lipinski definition) is 3. The molecule has 0 saturated carbocycles. The molecule has 0 unspecified atom stereocenters. The lowest BCUT2D eigenvalue weighted by atomic mass is 10.2. The van der Waals surface area contributed by atoms with Crippen LogP contribution in [0, 0.1) is 0 Å². The molecule has 5 heteroatoms. The SMILES string of the molecule is NC(=O)NCc1ccc(O)c(O)c1. The molecule has 5 N–H and O–H groups in total. The van der Waals surface area contributed by atoms with Crippen molar-refractivity contribution in [2.75, 3.05) is 0 Å². The minimum Gasteiger partial charge on any atom is -0.504 e. The lowest BCUT2D eigenvalue weighted by molar-refractivity contribution is 0.248. The van der Waals surface area contributed by atoms with Crippen molar-refractivity contribution < 1.29 is 15.0 Å². The van der Waals surface area contributed by atoms with Crippen molar-refractivity contribution in [3.63, 3.8) is 0 Å². The fraction of sp³-hybridized carbons (Fsp3) is 0.125. The molecule has 2 amide bonds. The summed E-state index contributed by atoms with van der Waals surface area (Å²) in [6.07, 6.45) is 0. The van der Waals surface area contributed by atoms with E-state index in [1.807, 2.05) is 0 Å². The molecule has 0 spiro atoms. The quantitative estimate of drug-likeness (QED) is 0.494. The first-order valence-corrected chi connectivity index (χ1v) is 3.64. The van der Waals surface area contributed by atoms with Crippen molar-refractivity contribution in [2.24, 2.45) is 5.73 Å². The van der Waals surface area contributed by atoms with Gasteiger partial charge in [-0.2, -0.15) is 0 Å². The van der Waals surface area contributed by atoms with Crippen LogP contribution in [0.3, 0.4) is 0 Å². The fourth-order valence-electron chi connectivity index (χ4n) is 0.868. The normalized spacial score (nSPS) is 9.54. The zero-order valence-corrected chi connectivity index (χ0v) is 6.82. The molecule has 0 bridgehead atoms. The standard InChI is InChI=1S/C8H10N2O3/c9-8(13)10-4-5-1-2-6(11)7(12)3-5/h1-3,11-12H,4H2,(H3,9,10,13). The van der Waals surface area contributed by atoms with Crippen molar-refractivity contribution >= 4 is 6.03 Å². The molecule has 0 radical (unpaired) electrons. The highest BCUT2D eigenvalue weighted by molar-refractivity contribution is 5.71. The number of carbonyl (C=O) groups excluding carboxylic acids is 1. The van der Waals surface area contributed by atoms with E-state index >= 15 is 0 Å². The second-order valence-corrected chi connectivity index (χ2v) is 2.54. The van der Waals surface area contributed by atoms with Gasteiger partial charge in [-0.1, -0.05) is 6.07 Å². The average molecular weight is 182 g/mol. The summed E-state index contributed by atoms with van der Waals surface area (Å²) in [6.45, 7) is 0.225. The summed E-state index contributed by atoms with van der Waals surface area (Å²) in [5.74, 6) is -0.411. The first kappa shape index (κ1) is 9.18. The van der Waals surface area contributed by atoms with Crippen LogP contribution in [-0.4, -0.2) is 16.2 Å². The Morgan fingerprint density at radius 1 is 1.38 bits per heavy atom. The number of phenols is 2. The van der Waals surface area contributed by atoms with E-state index in [1.54, 1.807) is 6.07 Å². The lowest BCUT2D eigenvalue weighted by Gasteiger charge is -2.03. The molecule has 0 aliphatic carbocycles. The van der Waals surface area contributed by atoms with E-state index in [0.29, 0.717) is 5.56 Å². The zero-order chi connectivity index (χ0) is 9.84. The van der Waals surface area contributed by atoms with Crippen LogP contribution in [0.2, 0.25) is 0 Å². The number of hydrogen-bond donors (Lipinski definition) is 4. The highest BCUT2D eigenvalue weighted by Gasteiger charge is 2.00. The van der Waals surface area contributed by atoms with Crippen molar-refractivity contribution in [3.05, 3.63) is 23.8 Å². The molecule has 5 nitrogen and oxygen atoms in total. The van der Waals surface area contributed by atoms with Crippen molar-refractivity contribution in [1.82, 2.24) is 5.32 Å². The van der Waals surface area contributed by atoms with Crippen LogP contribution < -0.4 is 11.1 Å². The third kappa shape index (κ3) is 2.55. The van der Waals surface area contributed by atoms with Gasteiger partial charge in [0.05, 0.1) is 0 Å². The summed E-state index contributed by atoms with van der Waals surface area (Å²) >= 11 is 0. The van der Waals surface area contributed by atoms with E-state index in [9.17, 15) is 4.79 Å². The Morgan fingerprint density at radius 3 is 2.62 bits per heavy atom. The molecule has 1 aromatic rings. The zero-order valence-electron chi connectivity index (χ0n) is 6.82. The van der Waals surface area contributed by atoms with E-state index in [4.69, 9.17) is 15.9 Å². The largest absolute Gasteiger partial charge is 0.504 e. The second kappa shape index (κ2) is 3.66. The molecule has 0 aromatic heterocycles. The van der Waals surface area contributed by atoms with Crippen LogP contribution in [0.4, 0.5) is 4.79 Å². The van der Waals surface area contributed by atoms with Crippen LogP contribution in [0.25, 0.3) is 0 Å². The van der Waals surface area contributed by atoms with E-state index in [-0.39, 0.29) is 18.0 Å². The first-order chi connectivity index (χ1) is 6.09. The van der Waals surface area contributed by atoms with Crippen LogP contribution in [0.5, 0.6) is 11.5 Å². The maximum atomic E-state index is 10.3. The van der Waals surface area contributed by atoms with Gasteiger partial charge in [0.2, 0.25) is 0 Å². The van der Waals surface area contributed by atoms with Gasteiger partial charge >= 0.3 is 6.03 Å². The van der Waals surface area contributed by atoms with Gasteiger partial charge in [0, 0.05) is 6.54 Å². The number of primary amides is 1. The van der Waals surface area contributed by atoms with Gasteiger partial charge in [-0.15, -0.1) is 0 Å². The fourth-order valence-corrected chi connectivity index (χ4v) is 0.868. The predicted molar refractivity (Wildman–Crippen MR) is 46.2 cm³/mol. The number of nitrogens with two attached hydrogens (primary N) is 1. The Balaban J connectivity index is 2.68. The molecular weight excluding hydrogens is 172 g/mol. The average Bonchev–Trinajstić information content (AvgIpc) is 2.07. The minimum absolute atomic E-state index is 0.192. The number of amides is 2. The molecule has 70 valence electrons. The Kier molecular flexibility index (Phi) is 2.59. The maximum absolute atomic E-state index is 10.3. The smallest absolute Gasteiger partial charge is 0.312 e. The van der Waals surface area contributed by atoms with Gasteiger partial charge in [0.25, 0.3) is 0 Å². The Morgan fingerprint density at radius 2 is 2.08 bits per heavy atom. The number of urea groups is 1. The Labute approximate surface area is 74.8 Å². The predicted octanol–water partition coefficient (Wildman–Crippen LogP) is 0.266. The molecule has 0 atom stereocenters. The monoisotopic (exact) mass is 182 g/mol. The van der Waals surface area contributed by atoms with Crippen LogP contribution in [0.1, 0.15) is 5.56 Å². The molecular formula is C8H10N2O3. The van der Waals surface area contributed by atoms with Crippen molar-refractivity contribution in [2.45, 2.75) is 6.54 Å². The summed E-state index contributed by atoms with van der Waals surface area (Å²) in [6, 6.07) is 3.64. The van der Waals surface area contributed by atoms with Gasteiger partial charge in [-0.3, -0.25) is 0 Å². The lowest BCUT2D eigenvalue weighted by Crippen LogP contribution is -2.28. The Bertz CT molecular complexity index is 325. The highest BCUT2D eigenvalue weighted by atomic mass is 16.3. The summed E-state index contributed by atoms with van der Waals surface area (Å²) in [5.41, 5.74) is 5.51. The van der Waals surface area contributed by atoms with E-state index in [1.165, 1.54) is 12.1 Å². The molecule has 1 aromatic carbocycles. The number of aromatic hydroxyl groups is 2. The van der Waals surface area contributed by atoms with Gasteiger partial charge in [-0.05, 0) is 17.7 Å². The van der Waals surface area contributed by atoms with Crippen LogP contribution in [0.15, 0.2) is 18.2 Å². The van der Waals surface area contributed by atoms with Crippen LogP contribution in [-0.2, 0) is 6.54 Å². The molecule has 1 rings (SSSR count). The van der Waals surface area contributed by atoms with Gasteiger partial charge in [-0.25, -0.2) is 4.79 Å². The summed E-state index contributed by atoms with van der Waals surface area (Å²) in [5, 5.41) is 20.4. The number of nitrogens with one attached hydrogen (secondary N) is 1. The van der Waals surface area contributed by atoms with Gasteiger partial charge < -0.3 is 21.3 Å². The van der Waals surface area contributed by atoms with Gasteiger partial charge in [0.1, 0.15) is 0 Å². The third-order valence-electron chi connectivity index (χ3n) is 1.51. The van der Waals surface area contributed by atoms with Crippen molar-refractivity contribution in [3.8, 4) is 11.5 Å². The molecule has 13 heavy (non-hydrogen) atoms. The molecule has 0 saturated heterocycles. The number of carbonyl (C=O) groups is 1. The summed E-state index contributed by atoms with van der Waals surface area (Å²) < 4.78 is 0. The van der Waals surface area contributed by atoms with E-state index in [0.717, 1.165) is 0 Å². The topological polar surface area (TPSA) is 95.6 Å².